The first-order chi connectivity index (χ1) is 5.91. The Hall–Kier alpha value is -0.130. The molecule has 4 heteroatoms. The minimum atomic E-state index is -0.349. The number of rotatable bonds is 1. The number of Topliss-reactive ketones (excluding diaryl/α,β-unsaturated/α-hetero) is 1. The average molecular weight is 295 g/mol. The lowest BCUT2D eigenvalue weighted by Crippen LogP contribution is -2.45. The topological polar surface area (TPSA) is 37.4 Å². The Kier molecular flexibility index (Phi) is 3.32. The van der Waals surface area contributed by atoms with Gasteiger partial charge in [-0.25, -0.2) is 0 Å². The number of ketones is 1. The van der Waals surface area contributed by atoms with Gasteiger partial charge in [0, 0.05) is 25.9 Å². The highest BCUT2D eigenvalue weighted by Gasteiger charge is 2.30. The molecule has 0 radical (unpaired) electrons. The minimum Gasteiger partial charge on any atom is -0.341 e. The molecule has 0 aromatic heterocycles. The zero-order valence-electron chi connectivity index (χ0n) is 7.97. The van der Waals surface area contributed by atoms with Crippen molar-refractivity contribution >= 4 is 34.3 Å². The second kappa shape index (κ2) is 3.94. The summed E-state index contributed by atoms with van der Waals surface area (Å²) in [6.45, 7) is 4.99. The molecule has 0 N–H and O–H groups in total. The SMILES string of the molecule is CC(C)(I)C(=O)N1CCC(=O)CC1. The van der Waals surface area contributed by atoms with E-state index >= 15 is 0 Å². The van der Waals surface area contributed by atoms with Crippen LogP contribution in [-0.4, -0.2) is 33.1 Å². The van der Waals surface area contributed by atoms with Crippen LogP contribution in [0, 0.1) is 0 Å². The van der Waals surface area contributed by atoms with E-state index in [0.29, 0.717) is 25.9 Å². The predicted octanol–water partition coefficient (Wildman–Crippen LogP) is 1.39. The van der Waals surface area contributed by atoms with Crippen molar-refractivity contribution in [3.05, 3.63) is 0 Å². The number of hydrogen-bond donors (Lipinski definition) is 0. The summed E-state index contributed by atoms with van der Waals surface area (Å²) in [6, 6.07) is 0. The maximum absolute atomic E-state index is 11.7. The third kappa shape index (κ3) is 2.93. The molecule has 0 unspecified atom stereocenters. The van der Waals surface area contributed by atoms with E-state index in [1.807, 2.05) is 13.8 Å². The molecule has 1 fully saturated rings. The third-order valence-corrected chi connectivity index (χ3v) is 2.58. The van der Waals surface area contributed by atoms with Gasteiger partial charge in [0.1, 0.15) is 5.78 Å². The molecule has 0 bridgehead atoms. The highest BCUT2D eigenvalue weighted by Crippen LogP contribution is 2.21. The smallest absolute Gasteiger partial charge is 0.238 e. The molecule has 1 aliphatic heterocycles. The van der Waals surface area contributed by atoms with E-state index in [4.69, 9.17) is 0 Å². The molecule has 1 heterocycles. The number of carbonyl (C=O) groups is 2. The van der Waals surface area contributed by atoms with Gasteiger partial charge < -0.3 is 4.90 Å². The predicted molar refractivity (Wildman–Crippen MR) is 58.9 cm³/mol. The van der Waals surface area contributed by atoms with Gasteiger partial charge in [0.05, 0.1) is 3.42 Å². The van der Waals surface area contributed by atoms with Crippen molar-refractivity contribution in [2.75, 3.05) is 13.1 Å². The molecule has 13 heavy (non-hydrogen) atoms. The van der Waals surface area contributed by atoms with E-state index in [2.05, 4.69) is 22.6 Å². The summed E-state index contributed by atoms with van der Waals surface area (Å²) in [6.07, 6.45) is 1.05. The molecule has 1 saturated heterocycles. The van der Waals surface area contributed by atoms with Crippen LogP contribution in [-0.2, 0) is 9.59 Å². The molecule has 74 valence electrons. The Morgan fingerprint density at radius 2 is 1.85 bits per heavy atom. The van der Waals surface area contributed by atoms with E-state index < -0.39 is 0 Å². The van der Waals surface area contributed by atoms with Crippen LogP contribution >= 0.6 is 22.6 Å². The quantitative estimate of drug-likeness (QED) is 0.541. The fourth-order valence-corrected chi connectivity index (χ4v) is 1.68. The zero-order chi connectivity index (χ0) is 10.1. The highest BCUT2D eigenvalue weighted by atomic mass is 127. The molecule has 1 rings (SSSR count). The number of carbonyl (C=O) groups excluding carboxylic acids is 2. The number of amides is 1. The summed E-state index contributed by atoms with van der Waals surface area (Å²) in [4.78, 5) is 24.5. The monoisotopic (exact) mass is 295 g/mol. The van der Waals surface area contributed by atoms with Crippen molar-refractivity contribution in [2.45, 2.75) is 30.1 Å². The van der Waals surface area contributed by atoms with E-state index in [9.17, 15) is 9.59 Å². The maximum atomic E-state index is 11.7. The summed E-state index contributed by atoms with van der Waals surface area (Å²) in [5.41, 5.74) is 0. The largest absolute Gasteiger partial charge is 0.341 e. The Labute approximate surface area is 92.0 Å². The first-order valence-corrected chi connectivity index (χ1v) is 5.49. The standard InChI is InChI=1S/C9H14INO2/c1-9(2,10)8(13)11-5-3-7(12)4-6-11/h3-6H2,1-2H3. The van der Waals surface area contributed by atoms with Crippen LogP contribution in [0.1, 0.15) is 26.7 Å². The van der Waals surface area contributed by atoms with Crippen molar-refractivity contribution < 1.29 is 9.59 Å². The van der Waals surface area contributed by atoms with Gasteiger partial charge in [-0.1, -0.05) is 22.6 Å². The lowest BCUT2D eigenvalue weighted by molar-refractivity contribution is -0.135. The molecule has 0 saturated carbocycles. The lowest BCUT2D eigenvalue weighted by Gasteiger charge is -2.30. The van der Waals surface area contributed by atoms with Crippen molar-refractivity contribution in [3.63, 3.8) is 0 Å². The molecular weight excluding hydrogens is 281 g/mol. The number of nitrogens with zero attached hydrogens (tertiary/aromatic N) is 1. The van der Waals surface area contributed by atoms with E-state index in [1.54, 1.807) is 4.90 Å². The number of likely N-dealkylation sites (tertiary alicyclic amines) is 1. The van der Waals surface area contributed by atoms with Crippen molar-refractivity contribution in [1.29, 1.82) is 0 Å². The lowest BCUT2D eigenvalue weighted by atomic mass is 10.1. The molecular formula is C9H14INO2. The first-order valence-electron chi connectivity index (χ1n) is 4.41. The number of alkyl halides is 1. The summed E-state index contributed by atoms with van der Waals surface area (Å²) in [5.74, 6) is 0.413. The van der Waals surface area contributed by atoms with Crippen LogP contribution < -0.4 is 0 Å². The molecule has 0 atom stereocenters. The molecule has 3 nitrogen and oxygen atoms in total. The molecule has 0 aromatic rings. The maximum Gasteiger partial charge on any atom is 0.238 e. The normalized spacial score (nSPS) is 19.0. The van der Waals surface area contributed by atoms with E-state index in [-0.39, 0.29) is 15.1 Å². The summed E-state index contributed by atoms with van der Waals surface area (Å²) in [7, 11) is 0. The minimum absolute atomic E-state index is 0.139. The molecule has 1 aliphatic rings. The molecule has 0 aromatic carbocycles. The van der Waals surface area contributed by atoms with Crippen LogP contribution in [0.4, 0.5) is 0 Å². The van der Waals surface area contributed by atoms with Gasteiger partial charge in [-0.15, -0.1) is 0 Å². The number of piperidine rings is 1. The summed E-state index contributed by atoms with van der Waals surface area (Å²) in [5, 5.41) is 0. The Morgan fingerprint density at radius 1 is 1.38 bits per heavy atom. The highest BCUT2D eigenvalue weighted by molar-refractivity contribution is 14.1. The fraction of sp³-hybridized carbons (Fsp3) is 0.778. The average Bonchev–Trinajstić information content (AvgIpc) is 2.03. The summed E-state index contributed by atoms with van der Waals surface area (Å²) >= 11 is 2.13. The second-order valence-electron chi connectivity index (χ2n) is 3.80. The van der Waals surface area contributed by atoms with Gasteiger partial charge in [0.15, 0.2) is 0 Å². The molecule has 0 aliphatic carbocycles. The van der Waals surface area contributed by atoms with Crippen LogP contribution in [0.25, 0.3) is 0 Å². The second-order valence-corrected chi connectivity index (χ2v) is 6.50. The third-order valence-electron chi connectivity index (χ3n) is 2.12. The molecule has 0 spiro atoms. The van der Waals surface area contributed by atoms with Crippen LogP contribution in [0.15, 0.2) is 0 Å². The van der Waals surface area contributed by atoms with Gasteiger partial charge >= 0.3 is 0 Å². The first kappa shape index (κ1) is 10.9. The van der Waals surface area contributed by atoms with Gasteiger partial charge in [0.25, 0.3) is 0 Å². The Balaban J connectivity index is 2.55. The van der Waals surface area contributed by atoms with Gasteiger partial charge in [-0.05, 0) is 13.8 Å². The van der Waals surface area contributed by atoms with Gasteiger partial charge in [0.2, 0.25) is 5.91 Å². The number of hydrogen-bond acceptors (Lipinski definition) is 2. The Morgan fingerprint density at radius 3 is 2.23 bits per heavy atom. The van der Waals surface area contributed by atoms with Crippen LogP contribution in [0.5, 0.6) is 0 Å². The zero-order valence-corrected chi connectivity index (χ0v) is 10.1. The fourth-order valence-electron chi connectivity index (χ4n) is 1.34. The van der Waals surface area contributed by atoms with Crippen molar-refractivity contribution in [2.24, 2.45) is 0 Å². The van der Waals surface area contributed by atoms with Gasteiger partial charge in [-0.3, -0.25) is 9.59 Å². The van der Waals surface area contributed by atoms with Crippen LogP contribution in [0.3, 0.4) is 0 Å². The van der Waals surface area contributed by atoms with Crippen molar-refractivity contribution in [1.82, 2.24) is 4.90 Å². The Bertz CT molecular complexity index is 222. The van der Waals surface area contributed by atoms with Crippen LogP contribution in [0.2, 0.25) is 0 Å². The van der Waals surface area contributed by atoms with Crippen molar-refractivity contribution in [3.8, 4) is 0 Å². The molecule has 1 amide bonds. The number of halogens is 1. The van der Waals surface area contributed by atoms with E-state index in [0.717, 1.165) is 0 Å². The van der Waals surface area contributed by atoms with E-state index in [1.165, 1.54) is 0 Å². The summed E-state index contributed by atoms with van der Waals surface area (Å²) < 4.78 is -0.349. The van der Waals surface area contributed by atoms with Gasteiger partial charge in [-0.2, -0.15) is 0 Å².